The summed E-state index contributed by atoms with van der Waals surface area (Å²) in [6, 6.07) is 16.0. The van der Waals surface area contributed by atoms with Gasteiger partial charge in [0.05, 0.1) is 24.9 Å². The highest BCUT2D eigenvalue weighted by Gasteiger charge is 2.61. The van der Waals surface area contributed by atoms with E-state index in [1.807, 2.05) is 66.7 Å². The Bertz CT molecular complexity index is 1540. The molecular formula is C32H34N4O6. The van der Waals surface area contributed by atoms with Crippen LogP contribution in [0.25, 0.3) is 22.2 Å². The zero-order valence-electron chi connectivity index (χ0n) is 23.4. The van der Waals surface area contributed by atoms with Crippen LogP contribution in [-0.4, -0.2) is 70.8 Å². The largest absolute Gasteiger partial charge is 0.497 e. The number of allylic oxidation sites excluding steroid dienone is 1. The smallest absolute Gasteiger partial charge is 0.330 e. The van der Waals surface area contributed by atoms with E-state index in [-0.39, 0.29) is 24.9 Å². The molecule has 2 fully saturated rings. The molecule has 0 unspecified atom stereocenters. The van der Waals surface area contributed by atoms with Crippen molar-refractivity contribution in [3.8, 4) is 22.8 Å². The molecule has 1 saturated carbocycles. The number of pyridine rings is 1. The molecule has 3 heterocycles. The lowest BCUT2D eigenvalue weighted by Gasteiger charge is -2.25. The molecule has 1 aromatic heterocycles. The first-order valence-corrected chi connectivity index (χ1v) is 14.4. The van der Waals surface area contributed by atoms with Crippen molar-refractivity contribution in [1.29, 1.82) is 0 Å². The van der Waals surface area contributed by atoms with Gasteiger partial charge in [0.2, 0.25) is 5.91 Å². The van der Waals surface area contributed by atoms with E-state index >= 15 is 0 Å². The number of nitrogens with zero attached hydrogens (tertiary/aromatic N) is 2. The maximum absolute atomic E-state index is 13.6. The minimum absolute atomic E-state index is 0.175. The summed E-state index contributed by atoms with van der Waals surface area (Å²) >= 11 is 0. The summed E-state index contributed by atoms with van der Waals surface area (Å²) in [5.41, 5.74) is 0.981. The van der Waals surface area contributed by atoms with Crippen LogP contribution in [0.15, 0.2) is 66.7 Å². The van der Waals surface area contributed by atoms with Gasteiger partial charge in [-0.2, -0.15) is 0 Å². The Labute approximate surface area is 243 Å². The lowest BCUT2D eigenvalue weighted by molar-refractivity contribution is -0.144. The highest BCUT2D eigenvalue weighted by molar-refractivity contribution is 5.95. The molecule has 3 N–H and O–H groups in total. The van der Waals surface area contributed by atoms with E-state index in [2.05, 4.69) is 10.6 Å². The number of urea groups is 1. The van der Waals surface area contributed by atoms with E-state index in [0.29, 0.717) is 30.0 Å². The Balaban J connectivity index is 1.31. The monoisotopic (exact) mass is 570 g/mol. The molecule has 218 valence electrons. The van der Waals surface area contributed by atoms with Gasteiger partial charge < -0.3 is 30.1 Å². The average molecular weight is 571 g/mol. The summed E-state index contributed by atoms with van der Waals surface area (Å²) in [4.78, 5) is 45.4. The van der Waals surface area contributed by atoms with E-state index in [1.54, 1.807) is 7.11 Å². The van der Waals surface area contributed by atoms with Gasteiger partial charge in [-0.05, 0) is 37.8 Å². The number of carbonyl (C=O) groups is 3. The fourth-order valence-corrected chi connectivity index (χ4v) is 5.90. The molecule has 3 aliphatic rings. The number of carbonyl (C=O) groups excluding carboxylic acids is 2. The molecular weight excluding hydrogens is 536 g/mol. The zero-order valence-corrected chi connectivity index (χ0v) is 23.4. The Morgan fingerprint density at radius 3 is 2.74 bits per heavy atom. The molecule has 1 aliphatic carbocycles. The van der Waals surface area contributed by atoms with Gasteiger partial charge in [0.15, 0.2) is 0 Å². The van der Waals surface area contributed by atoms with Crippen LogP contribution < -0.4 is 20.1 Å². The number of fused-ring (bicyclic) bond motifs is 3. The van der Waals surface area contributed by atoms with Crippen molar-refractivity contribution < 1.29 is 29.0 Å². The van der Waals surface area contributed by atoms with Crippen molar-refractivity contribution in [1.82, 2.24) is 20.5 Å². The van der Waals surface area contributed by atoms with Gasteiger partial charge in [-0.15, -0.1) is 0 Å². The number of rotatable bonds is 5. The van der Waals surface area contributed by atoms with E-state index < -0.39 is 29.6 Å². The highest BCUT2D eigenvalue weighted by Crippen LogP contribution is 2.45. The first-order chi connectivity index (χ1) is 20.4. The molecule has 4 atom stereocenters. The Morgan fingerprint density at radius 1 is 1.12 bits per heavy atom. The number of carboxylic acids is 1. The number of nitrogens with one attached hydrogen (secondary N) is 2. The van der Waals surface area contributed by atoms with Crippen molar-refractivity contribution in [2.75, 3.05) is 20.2 Å². The second-order valence-electron chi connectivity index (χ2n) is 11.1. The van der Waals surface area contributed by atoms with Gasteiger partial charge >= 0.3 is 12.0 Å². The number of ether oxygens (including phenoxy) is 2. The molecule has 10 heteroatoms. The summed E-state index contributed by atoms with van der Waals surface area (Å²) < 4.78 is 12.0. The van der Waals surface area contributed by atoms with Crippen molar-refractivity contribution >= 4 is 28.8 Å². The molecule has 2 aromatic carbocycles. The second kappa shape index (κ2) is 11.3. The molecule has 0 spiro atoms. The topological polar surface area (TPSA) is 130 Å². The third-order valence-corrected chi connectivity index (χ3v) is 8.35. The summed E-state index contributed by atoms with van der Waals surface area (Å²) in [6.07, 6.45) is 6.35. The van der Waals surface area contributed by atoms with Gasteiger partial charge in [0.25, 0.3) is 0 Å². The number of benzene rings is 2. The molecule has 10 nitrogen and oxygen atoms in total. The summed E-state index contributed by atoms with van der Waals surface area (Å²) in [5.74, 6) is -0.578. The maximum atomic E-state index is 13.6. The van der Waals surface area contributed by atoms with Crippen LogP contribution in [0.5, 0.6) is 11.5 Å². The number of hydrogen-bond acceptors (Lipinski definition) is 6. The van der Waals surface area contributed by atoms with Crippen LogP contribution in [0.1, 0.15) is 32.1 Å². The third-order valence-electron chi connectivity index (χ3n) is 8.35. The summed E-state index contributed by atoms with van der Waals surface area (Å²) in [7, 11) is 1.60. The number of carboxylic acid groups (broad SMARTS) is 1. The number of aromatic nitrogens is 1. The molecule has 6 rings (SSSR count). The predicted octanol–water partition coefficient (Wildman–Crippen LogP) is 4.14. The Morgan fingerprint density at radius 2 is 1.95 bits per heavy atom. The van der Waals surface area contributed by atoms with Crippen molar-refractivity contribution in [3.63, 3.8) is 0 Å². The molecule has 0 radical (unpaired) electrons. The van der Waals surface area contributed by atoms with Crippen molar-refractivity contribution in [2.24, 2.45) is 5.92 Å². The molecule has 3 amide bonds. The molecule has 42 heavy (non-hydrogen) atoms. The standard InChI is InChI=1S/C32H34N4O6/c1-41-22-12-13-24-26(15-22)34-25(20-9-5-4-6-10-20)17-28(24)42-23-16-27-29(37)35-32(30(38)39)18-21(32)11-7-2-3-8-14-33-31(40)36(27)19-23/h4-7,9-13,15,17,21,23,27H,2-3,8,14,16,18-19H2,1H3,(H,33,40)(H,35,37)(H,38,39)/t21-,23-,27+,32-/m1/s1. The fraction of sp³-hybridized carbons (Fsp3) is 0.375. The van der Waals surface area contributed by atoms with Crippen LogP contribution in [0, 0.1) is 5.92 Å². The normalized spacial score (nSPS) is 25.9. The molecule has 1 saturated heterocycles. The zero-order chi connectivity index (χ0) is 29.3. The highest BCUT2D eigenvalue weighted by atomic mass is 16.5. The van der Waals surface area contributed by atoms with Crippen LogP contribution >= 0.6 is 0 Å². The van der Waals surface area contributed by atoms with E-state index in [4.69, 9.17) is 14.5 Å². The van der Waals surface area contributed by atoms with Crippen LogP contribution in [0.2, 0.25) is 0 Å². The van der Waals surface area contributed by atoms with E-state index in [0.717, 1.165) is 35.9 Å². The van der Waals surface area contributed by atoms with Crippen LogP contribution in [-0.2, 0) is 9.59 Å². The fourth-order valence-electron chi connectivity index (χ4n) is 5.90. The minimum atomic E-state index is -1.34. The van der Waals surface area contributed by atoms with Crippen molar-refractivity contribution in [3.05, 3.63) is 66.7 Å². The molecule has 3 aromatic rings. The van der Waals surface area contributed by atoms with Gasteiger partial charge in [-0.1, -0.05) is 42.5 Å². The Hall–Kier alpha value is -4.60. The summed E-state index contributed by atoms with van der Waals surface area (Å²) in [5, 5.41) is 16.5. The van der Waals surface area contributed by atoms with Gasteiger partial charge in [0.1, 0.15) is 29.2 Å². The lowest BCUT2D eigenvalue weighted by atomic mass is 10.1. The summed E-state index contributed by atoms with van der Waals surface area (Å²) in [6.45, 7) is 0.663. The van der Waals surface area contributed by atoms with E-state index in [9.17, 15) is 19.5 Å². The van der Waals surface area contributed by atoms with Crippen LogP contribution in [0.3, 0.4) is 0 Å². The predicted molar refractivity (Wildman–Crippen MR) is 156 cm³/mol. The van der Waals surface area contributed by atoms with Crippen molar-refractivity contribution in [2.45, 2.75) is 49.8 Å². The minimum Gasteiger partial charge on any atom is -0.497 e. The SMILES string of the molecule is COc1ccc2c(O[C@@H]3C[C@H]4C(=O)N[C@]5(C(=O)O)C[C@H]5C=CCCCCNC(=O)N4C3)cc(-c3ccccc3)nc2c1. The van der Waals surface area contributed by atoms with Gasteiger partial charge in [-0.25, -0.2) is 14.6 Å². The van der Waals surface area contributed by atoms with Gasteiger partial charge in [0, 0.05) is 42.0 Å². The molecule has 0 bridgehead atoms. The molecule has 2 aliphatic heterocycles. The first-order valence-electron chi connectivity index (χ1n) is 14.4. The number of methoxy groups -OCH3 is 1. The number of hydrogen-bond donors (Lipinski definition) is 3. The first kappa shape index (κ1) is 27.6. The lowest BCUT2D eigenvalue weighted by Crippen LogP contribution is -2.54. The quantitative estimate of drug-likeness (QED) is 0.393. The van der Waals surface area contributed by atoms with Gasteiger partial charge in [-0.3, -0.25) is 4.79 Å². The second-order valence-corrected chi connectivity index (χ2v) is 11.1. The Kier molecular flexibility index (Phi) is 7.45. The number of amides is 3. The maximum Gasteiger partial charge on any atom is 0.330 e. The van der Waals surface area contributed by atoms with E-state index in [1.165, 1.54) is 4.90 Å². The third kappa shape index (κ3) is 5.36. The number of aliphatic carboxylic acids is 1. The average Bonchev–Trinajstić information content (AvgIpc) is 3.53. The van der Waals surface area contributed by atoms with Crippen LogP contribution in [0.4, 0.5) is 4.79 Å².